The summed E-state index contributed by atoms with van der Waals surface area (Å²) in [4.78, 5) is 38.6. The highest BCUT2D eigenvalue weighted by Crippen LogP contribution is 2.47. The topological polar surface area (TPSA) is 78.9 Å². The van der Waals surface area contributed by atoms with Crippen molar-refractivity contribution in [1.29, 1.82) is 0 Å². The Morgan fingerprint density at radius 3 is 1.48 bits per heavy atom. The molecule has 1 heterocycles. The molecule has 206 valence electrons. The fourth-order valence-corrected chi connectivity index (χ4v) is 5.26. The summed E-state index contributed by atoms with van der Waals surface area (Å²) in [6.07, 6.45) is 0. The highest BCUT2D eigenvalue weighted by Gasteiger charge is 2.48. The maximum absolute atomic E-state index is 13.1. The second kappa shape index (κ2) is 10.8. The van der Waals surface area contributed by atoms with Gasteiger partial charge in [0, 0.05) is 16.7 Å². The van der Waals surface area contributed by atoms with Gasteiger partial charge in [0.15, 0.2) is 5.60 Å². The van der Waals surface area contributed by atoms with Crippen LogP contribution in [0.25, 0.3) is 0 Å². The van der Waals surface area contributed by atoms with Gasteiger partial charge in [0.25, 0.3) is 0 Å². The lowest BCUT2D eigenvalue weighted by molar-refractivity contribution is 0.0251. The molecule has 5 aromatic rings. The average Bonchev–Trinajstić information content (AvgIpc) is 3.31. The molecule has 6 heteroatoms. The first-order valence-corrected chi connectivity index (χ1v) is 13.5. The van der Waals surface area contributed by atoms with Crippen LogP contribution in [0, 0.1) is 13.8 Å². The first kappa shape index (κ1) is 26.7. The Balaban J connectivity index is 1.33. The number of ether oxygens (including phenoxy) is 3. The van der Waals surface area contributed by atoms with Crippen LogP contribution in [0.1, 0.15) is 58.9 Å². The number of benzene rings is 5. The molecule has 0 N–H and O–H groups in total. The number of aryl methyl sites for hydroxylation is 2. The van der Waals surface area contributed by atoms with Crippen molar-refractivity contribution in [2.24, 2.45) is 0 Å². The van der Waals surface area contributed by atoms with Crippen LogP contribution in [0.3, 0.4) is 0 Å². The molecule has 42 heavy (non-hydrogen) atoms. The highest BCUT2D eigenvalue weighted by atomic mass is 16.6. The number of carbonyl (C=O) groups is 3. The predicted molar refractivity (Wildman–Crippen MR) is 157 cm³/mol. The first-order valence-electron chi connectivity index (χ1n) is 13.5. The summed E-state index contributed by atoms with van der Waals surface area (Å²) in [7, 11) is 0. The van der Waals surface area contributed by atoms with Crippen molar-refractivity contribution in [3.8, 4) is 11.5 Å². The van der Waals surface area contributed by atoms with Gasteiger partial charge in [-0.05, 0) is 67.4 Å². The van der Waals surface area contributed by atoms with Crippen LogP contribution in [0.4, 0.5) is 0 Å². The van der Waals surface area contributed by atoms with Crippen LogP contribution in [0.2, 0.25) is 0 Å². The standard InChI is InChI=1S/C36H26O6/c1-23-9-3-5-11-29(23)33(37)40-27-19-15-25(16-20-27)36(32-14-8-7-13-31(32)35(39)42-36)26-17-21-28(22-18-26)41-34(38)30-12-6-4-10-24(30)2/h3-22H,1-2H3. The lowest BCUT2D eigenvalue weighted by Gasteiger charge is -2.30. The van der Waals surface area contributed by atoms with E-state index in [0.717, 1.165) is 11.1 Å². The van der Waals surface area contributed by atoms with Crippen LogP contribution in [-0.2, 0) is 10.3 Å². The molecule has 0 aliphatic carbocycles. The number of cyclic esters (lactones) is 1. The number of rotatable bonds is 6. The number of carbonyl (C=O) groups excluding carboxylic acids is 3. The summed E-state index contributed by atoms with van der Waals surface area (Å²) < 4.78 is 17.4. The van der Waals surface area contributed by atoms with E-state index in [1.807, 2.05) is 50.2 Å². The maximum atomic E-state index is 13.1. The molecule has 6 nitrogen and oxygen atoms in total. The quantitative estimate of drug-likeness (QED) is 0.163. The van der Waals surface area contributed by atoms with E-state index in [9.17, 15) is 14.4 Å². The Hall–Kier alpha value is -5.49. The molecule has 6 rings (SSSR count). The third kappa shape index (κ3) is 4.73. The zero-order valence-corrected chi connectivity index (χ0v) is 23.0. The van der Waals surface area contributed by atoms with Crippen LogP contribution >= 0.6 is 0 Å². The van der Waals surface area contributed by atoms with E-state index < -0.39 is 23.5 Å². The van der Waals surface area contributed by atoms with E-state index in [2.05, 4.69) is 0 Å². The molecule has 0 spiro atoms. The average molecular weight is 555 g/mol. The van der Waals surface area contributed by atoms with E-state index >= 15 is 0 Å². The second-order valence-corrected chi connectivity index (χ2v) is 10.1. The zero-order valence-electron chi connectivity index (χ0n) is 23.0. The minimum absolute atomic E-state index is 0.359. The minimum atomic E-state index is -1.26. The molecule has 1 aliphatic heterocycles. The molecular formula is C36H26O6. The summed E-state index contributed by atoms with van der Waals surface area (Å²) in [5.41, 5.74) is 3.83. The molecule has 0 saturated carbocycles. The molecule has 0 bridgehead atoms. The lowest BCUT2D eigenvalue weighted by atomic mass is 9.80. The fourth-order valence-electron chi connectivity index (χ4n) is 5.26. The van der Waals surface area contributed by atoms with E-state index in [0.29, 0.717) is 44.9 Å². The molecule has 5 aromatic carbocycles. The van der Waals surface area contributed by atoms with Gasteiger partial charge in [0.1, 0.15) is 11.5 Å². The monoisotopic (exact) mass is 554 g/mol. The van der Waals surface area contributed by atoms with E-state index in [1.54, 1.807) is 84.9 Å². The number of hydrogen-bond donors (Lipinski definition) is 0. The first-order chi connectivity index (χ1) is 20.4. The van der Waals surface area contributed by atoms with Gasteiger partial charge >= 0.3 is 17.9 Å². The van der Waals surface area contributed by atoms with Crippen molar-refractivity contribution < 1.29 is 28.6 Å². The third-order valence-corrected chi connectivity index (χ3v) is 7.44. The van der Waals surface area contributed by atoms with Gasteiger partial charge in [-0.1, -0.05) is 78.9 Å². The number of hydrogen-bond acceptors (Lipinski definition) is 6. The summed E-state index contributed by atoms with van der Waals surface area (Å²) in [6, 6.07) is 35.5. The summed E-state index contributed by atoms with van der Waals surface area (Å²) in [5.74, 6) is -0.639. The molecule has 0 unspecified atom stereocenters. The number of fused-ring (bicyclic) bond motifs is 1. The number of esters is 3. The van der Waals surface area contributed by atoms with Crippen molar-refractivity contribution in [3.63, 3.8) is 0 Å². The molecule has 0 fully saturated rings. The van der Waals surface area contributed by atoms with Gasteiger partial charge < -0.3 is 14.2 Å². The van der Waals surface area contributed by atoms with Gasteiger partial charge in [-0.2, -0.15) is 0 Å². The Bertz CT molecular complexity index is 1720. The van der Waals surface area contributed by atoms with E-state index in [1.165, 1.54) is 0 Å². The van der Waals surface area contributed by atoms with Crippen LogP contribution in [0.5, 0.6) is 11.5 Å². The van der Waals surface area contributed by atoms with Crippen LogP contribution < -0.4 is 9.47 Å². The van der Waals surface area contributed by atoms with E-state index in [4.69, 9.17) is 14.2 Å². The third-order valence-electron chi connectivity index (χ3n) is 7.44. The summed E-state index contributed by atoms with van der Waals surface area (Å²) >= 11 is 0. The predicted octanol–water partition coefficient (Wildman–Crippen LogP) is 7.20. The second-order valence-electron chi connectivity index (χ2n) is 10.1. The Kier molecular flexibility index (Phi) is 6.88. The molecule has 0 saturated heterocycles. The van der Waals surface area contributed by atoms with Gasteiger partial charge in [-0.15, -0.1) is 0 Å². The normalized spacial score (nSPS) is 13.1. The minimum Gasteiger partial charge on any atom is -0.441 e. The molecule has 0 radical (unpaired) electrons. The molecule has 0 atom stereocenters. The smallest absolute Gasteiger partial charge is 0.343 e. The van der Waals surface area contributed by atoms with Gasteiger partial charge in [-0.3, -0.25) is 0 Å². The van der Waals surface area contributed by atoms with Gasteiger partial charge in [0.05, 0.1) is 16.7 Å². The van der Waals surface area contributed by atoms with Crippen molar-refractivity contribution in [3.05, 3.63) is 166 Å². The van der Waals surface area contributed by atoms with Crippen molar-refractivity contribution in [2.75, 3.05) is 0 Å². The molecular weight excluding hydrogens is 528 g/mol. The molecule has 1 aliphatic rings. The fraction of sp³-hybridized carbons (Fsp3) is 0.0833. The summed E-state index contributed by atoms with van der Waals surface area (Å²) in [5, 5.41) is 0. The molecule has 0 amide bonds. The van der Waals surface area contributed by atoms with Crippen molar-refractivity contribution >= 4 is 17.9 Å². The lowest BCUT2D eigenvalue weighted by Crippen LogP contribution is -2.29. The van der Waals surface area contributed by atoms with Gasteiger partial charge in [0.2, 0.25) is 0 Å². The van der Waals surface area contributed by atoms with E-state index in [-0.39, 0.29) is 0 Å². The van der Waals surface area contributed by atoms with Crippen LogP contribution in [-0.4, -0.2) is 17.9 Å². The van der Waals surface area contributed by atoms with Crippen LogP contribution in [0.15, 0.2) is 121 Å². The summed E-state index contributed by atoms with van der Waals surface area (Å²) in [6.45, 7) is 3.70. The Morgan fingerprint density at radius 1 is 0.571 bits per heavy atom. The van der Waals surface area contributed by atoms with Crippen molar-refractivity contribution in [1.82, 2.24) is 0 Å². The maximum Gasteiger partial charge on any atom is 0.343 e. The SMILES string of the molecule is Cc1ccccc1C(=O)Oc1ccc(C2(c3ccc(OC(=O)c4ccccc4C)cc3)OC(=O)c3ccccc32)cc1. The Labute approximate surface area is 243 Å². The highest BCUT2D eigenvalue weighted by molar-refractivity contribution is 5.96. The molecule has 0 aromatic heterocycles. The zero-order chi connectivity index (χ0) is 29.3. The largest absolute Gasteiger partial charge is 0.441 e. The van der Waals surface area contributed by atoms with Gasteiger partial charge in [-0.25, -0.2) is 14.4 Å². The Morgan fingerprint density at radius 2 is 1.00 bits per heavy atom. The van der Waals surface area contributed by atoms with Crippen molar-refractivity contribution in [2.45, 2.75) is 19.4 Å².